The molecule has 0 saturated carbocycles. The average molecular weight is 260 g/mol. The van der Waals surface area contributed by atoms with Gasteiger partial charge in [-0.1, -0.05) is 0 Å². The Kier molecular flexibility index (Phi) is 5.43. The number of ether oxygens (including phenoxy) is 1. The predicted molar refractivity (Wildman–Crippen MR) is 68.0 cm³/mol. The Labute approximate surface area is 112 Å². The Balaban J connectivity index is 3.02. The summed E-state index contributed by atoms with van der Waals surface area (Å²) in [6.07, 6.45) is 3.23. The number of rotatable bonds is 4. The van der Waals surface area contributed by atoms with Crippen LogP contribution in [-0.4, -0.2) is 30.6 Å². The van der Waals surface area contributed by atoms with Crippen molar-refractivity contribution in [2.75, 3.05) is 19.7 Å². The quantitative estimate of drug-likeness (QED) is 0.347. The van der Waals surface area contributed by atoms with E-state index < -0.39 is 5.97 Å². The van der Waals surface area contributed by atoms with Gasteiger partial charge in [-0.3, -0.25) is 0 Å². The molecular weight excluding hydrogens is 244 g/mol. The molecule has 1 rings (SSSR count). The molecule has 0 aliphatic carbocycles. The lowest BCUT2D eigenvalue weighted by Gasteiger charge is -2.18. The molecule has 1 aliphatic heterocycles. The minimum Gasteiger partial charge on any atom is -0.462 e. The van der Waals surface area contributed by atoms with Gasteiger partial charge in [-0.2, -0.15) is 10.5 Å². The Bertz CT molecular complexity index is 488. The normalized spacial score (nSPS) is 16.4. The van der Waals surface area contributed by atoms with Crippen molar-refractivity contribution < 1.29 is 9.53 Å². The van der Waals surface area contributed by atoms with Crippen LogP contribution in [0.1, 0.15) is 19.8 Å². The van der Waals surface area contributed by atoms with Gasteiger partial charge in [0.25, 0.3) is 0 Å². The molecule has 1 heterocycles. The van der Waals surface area contributed by atoms with E-state index in [4.69, 9.17) is 21.0 Å². The summed E-state index contributed by atoms with van der Waals surface area (Å²) in [5.74, 6) is -0.441. The molecule has 0 unspecified atom stereocenters. The maximum atomic E-state index is 11.5. The lowest BCUT2D eigenvalue weighted by atomic mass is 10.1. The van der Waals surface area contributed by atoms with Gasteiger partial charge in [-0.05, 0) is 25.8 Å². The molecule has 1 aliphatic rings. The fraction of sp³-hybridized carbons (Fsp3) is 0.462. The van der Waals surface area contributed by atoms with Crippen molar-refractivity contribution >= 4 is 5.97 Å². The van der Waals surface area contributed by atoms with Crippen LogP contribution < -0.4 is 5.73 Å². The summed E-state index contributed by atoms with van der Waals surface area (Å²) >= 11 is 0. The number of nitriles is 2. The molecule has 0 aromatic heterocycles. The van der Waals surface area contributed by atoms with Gasteiger partial charge in [0.05, 0.1) is 12.2 Å². The lowest BCUT2D eigenvalue weighted by Crippen LogP contribution is -2.25. The highest BCUT2D eigenvalue weighted by Gasteiger charge is 2.17. The zero-order valence-electron chi connectivity index (χ0n) is 10.8. The Morgan fingerprint density at radius 1 is 1.37 bits per heavy atom. The number of carbonyl (C=O) groups excluding carboxylic acids is 1. The van der Waals surface area contributed by atoms with E-state index in [9.17, 15) is 4.79 Å². The van der Waals surface area contributed by atoms with E-state index in [-0.39, 0.29) is 17.8 Å². The second-order valence-corrected chi connectivity index (χ2v) is 4.00. The number of allylic oxidation sites excluding steroid dienone is 2. The summed E-state index contributed by atoms with van der Waals surface area (Å²) < 4.78 is 4.73. The van der Waals surface area contributed by atoms with E-state index in [1.165, 1.54) is 6.08 Å². The number of nitrogens with two attached hydrogens (primary N) is 1. The predicted octanol–water partition coefficient (Wildman–Crippen LogP) is 0.789. The van der Waals surface area contributed by atoms with E-state index in [0.29, 0.717) is 5.82 Å². The van der Waals surface area contributed by atoms with Crippen LogP contribution in [0, 0.1) is 22.7 Å². The first-order valence-electron chi connectivity index (χ1n) is 6.07. The first kappa shape index (κ1) is 14.6. The molecule has 0 aromatic rings. The molecular formula is C13H16N4O2. The number of esters is 1. The highest BCUT2D eigenvalue weighted by atomic mass is 16.5. The Hall–Kier alpha value is -2.47. The van der Waals surface area contributed by atoms with Crippen molar-refractivity contribution in [1.82, 2.24) is 4.90 Å². The first-order chi connectivity index (χ1) is 9.13. The Morgan fingerprint density at radius 3 is 2.47 bits per heavy atom. The van der Waals surface area contributed by atoms with Gasteiger partial charge in [0.2, 0.25) is 0 Å². The third-order valence-corrected chi connectivity index (χ3v) is 2.75. The summed E-state index contributed by atoms with van der Waals surface area (Å²) in [5.41, 5.74) is 5.78. The third-order valence-electron chi connectivity index (χ3n) is 2.75. The standard InChI is InChI=1S/C13H16N4O2/c1-2-19-13(18)11(9-15)7-10(8-14)12(16)17-5-3-4-6-17/h7H,2-6,16H2,1H3/b11-7+,12-10-. The summed E-state index contributed by atoms with van der Waals surface area (Å²) in [4.78, 5) is 13.3. The van der Waals surface area contributed by atoms with Crippen LogP contribution in [0.2, 0.25) is 0 Å². The molecule has 1 fully saturated rings. The van der Waals surface area contributed by atoms with Gasteiger partial charge in [0, 0.05) is 13.1 Å². The van der Waals surface area contributed by atoms with E-state index >= 15 is 0 Å². The minimum atomic E-state index is -0.744. The number of hydrogen-bond acceptors (Lipinski definition) is 6. The Morgan fingerprint density at radius 2 is 2.00 bits per heavy atom. The SMILES string of the molecule is CCOC(=O)/C(C#N)=C/C(C#N)=C(\N)N1CCCC1. The highest BCUT2D eigenvalue weighted by molar-refractivity contribution is 5.93. The van der Waals surface area contributed by atoms with Crippen LogP contribution in [0.25, 0.3) is 0 Å². The number of hydrogen-bond donors (Lipinski definition) is 1. The molecule has 1 saturated heterocycles. The summed E-state index contributed by atoms with van der Waals surface area (Å²) in [7, 11) is 0. The number of nitrogens with zero attached hydrogens (tertiary/aromatic N) is 3. The van der Waals surface area contributed by atoms with E-state index in [1.807, 2.05) is 11.0 Å². The topological polar surface area (TPSA) is 103 Å². The van der Waals surface area contributed by atoms with Gasteiger partial charge in [0.15, 0.2) is 0 Å². The summed E-state index contributed by atoms with van der Waals surface area (Å²) in [5, 5.41) is 18.0. The maximum absolute atomic E-state index is 11.5. The molecule has 19 heavy (non-hydrogen) atoms. The van der Waals surface area contributed by atoms with Gasteiger partial charge in [0.1, 0.15) is 23.5 Å². The zero-order chi connectivity index (χ0) is 14.3. The molecule has 0 radical (unpaired) electrons. The fourth-order valence-corrected chi connectivity index (χ4v) is 1.78. The molecule has 0 atom stereocenters. The number of likely N-dealkylation sites (tertiary alicyclic amines) is 1. The minimum absolute atomic E-state index is 0.117. The van der Waals surface area contributed by atoms with Crippen LogP contribution in [0.5, 0.6) is 0 Å². The third kappa shape index (κ3) is 3.75. The smallest absolute Gasteiger partial charge is 0.348 e. The van der Waals surface area contributed by atoms with Gasteiger partial charge < -0.3 is 15.4 Å². The fourth-order valence-electron chi connectivity index (χ4n) is 1.78. The summed E-state index contributed by atoms with van der Waals surface area (Å²) in [6.45, 7) is 3.38. The monoisotopic (exact) mass is 260 g/mol. The second kappa shape index (κ2) is 7.07. The average Bonchev–Trinajstić information content (AvgIpc) is 2.93. The second-order valence-electron chi connectivity index (χ2n) is 4.00. The number of carbonyl (C=O) groups is 1. The molecule has 0 spiro atoms. The van der Waals surface area contributed by atoms with E-state index in [1.54, 1.807) is 13.0 Å². The van der Waals surface area contributed by atoms with Crippen molar-refractivity contribution in [3.8, 4) is 12.1 Å². The van der Waals surface area contributed by atoms with Gasteiger partial charge >= 0.3 is 5.97 Å². The van der Waals surface area contributed by atoms with Crippen molar-refractivity contribution in [3.05, 3.63) is 23.0 Å². The van der Waals surface area contributed by atoms with Crippen molar-refractivity contribution in [2.45, 2.75) is 19.8 Å². The van der Waals surface area contributed by atoms with Crippen LogP contribution >= 0.6 is 0 Å². The molecule has 6 heteroatoms. The van der Waals surface area contributed by atoms with Gasteiger partial charge in [-0.25, -0.2) is 4.79 Å². The van der Waals surface area contributed by atoms with Crippen molar-refractivity contribution in [2.24, 2.45) is 5.73 Å². The molecule has 0 aromatic carbocycles. The van der Waals surface area contributed by atoms with E-state index in [0.717, 1.165) is 25.9 Å². The highest BCUT2D eigenvalue weighted by Crippen LogP contribution is 2.15. The molecule has 100 valence electrons. The zero-order valence-corrected chi connectivity index (χ0v) is 10.8. The summed E-state index contributed by atoms with van der Waals surface area (Å²) in [6, 6.07) is 3.64. The molecule has 0 amide bonds. The first-order valence-corrected chi connectivity index (χ1v) is 6.07. The van der Waals surface area contributed by atoms with Crippen LogP contribution in [0.4, 0.5) is 0 Å². The molecule has 6 nitrogen and oxygen atoms in total. The van der Waals surface area contributed by atoms with Gasteiger partial charge in [-0.15, -0.1) is 0 Å². The van der Waals surface area contributed by atoms with Crippen LogP contribution in [0.3, 0.4) is 0 Å². The largest absolute Gasteiger partial charge is 0.462 e. The van der Waals surface area contributed by atoms with E-state index in [2.05, 4.69) is 0 Å². The van der Waals surface area contributed by atoms with Crippen LogP contribution in [-0.2, 0) is 9.53 Å². The van der Waals surface area contributed by atoms with Crippen LogP contribution in [0.15, 0.2) is 23.0 Å². The lowest BCUT2D eigenvalue weighted by molar-refractivity contribution is -0.138. The van der Waals surface area contributed by atoms with Crippen molar-refractivity contribution in [3.63, 3.8) is 0 Å². The molecule has 0 bridgehead atoms. The maximum Gasteiger partial charge on any atom is 0.348 e. The molecule has 2 N–H and O–H groups in total. The van der Waals surface area contributed by atoms with Crippen molar-refractivity contribution in [1.29, 1.82) is 10.5 Å².